The van der Waals surface area contributed by atoms with Gasteiger partial charge in [-0.05, 0) is 30.5 Å². The van der Waals surface area contributed by atoms with E-state index in [1.54, 1.807) is 6.08 Å². The lowest BCUT2D eigenvalue weighted by Crippen LogP contribution is -2.34. The molecule has 23 heavy (non-hydrogen) atoms. The minimum Gasteiger partial charge on any atom is -0.486 e. The average molecular weight is 315 g/mol. The van der Waals surface area contributed by atoms with Gasteiger partial charge in [0.1, 0.15) is 13.2 Å². The molecule has 1 aliphatic carbocycles. The van der Waals surface area contributed by atoms with Crippen molar-refractivity contribution in [2.24, 2.45) is 10.7 Å². The summed E-state index contributed by atoms with van der Waals surface area (Å²) in [6, 6.07) is 6.30. The number of nitrogens with one attached hydrogen (secondary N) is 1. The van der Waals surface area contributed by atoms with Gasteiger partial charge in [0.25, 0.3) is 0 Å². The standard InChI is InChI=1S/C18H25N3O2/c1-2-9-20-17(19)21-13-18(7-3-4-8-18)14-5-6-15-16(12-14)23-11-10-22-15/h2,5-6,12H,1,3-4,7-11,13H2,(H3,19,20,21). The fraction of sp³-hybridized carbons (Fsp3) is 0.500. The lowest BCUT2D eigenvalue weighted by atomic mass is 9.79. The molecule has 1 fully saturated rings. The summed E-state index contributed by atoms with van der Waals surface area (Å²) in [6.07, 6.45) is 6.48. The van der Waals surface area contributed by atoms with Crippen LogP contribution in [0, 0.1) is 0 Å². The molecule has 5 heteroatoms. The van der Waals surface area contributed by atoms with Gasteiger partial charge in [-0.15, -0.1) is 6.58 Å². The van der Waals surface area contributed by atoms with Gasteiger partial charge in [0.15, 0.2) is 17.5 Å². The first-order valence-corrected chi connectivity index (χ1v) is 8.28. The van der Waals surface area contributed by atoms with Crippen molar-refractivity contribution in [3.63, 3.8) is 0 Å². The Morgan fingerprint density at radius 3 is 2.74 bits per heavy atom. The second-order valence-corrected chi connectivity index (χ2v) is 6.22. The Kier molecular flexibility index (Phi) is 4.74. The smallest absolute Gasteiger partial charge is 0.188 e. The average Bonchev–Trinajstić information content (AvgIpc) is 3.08. The maximum Gasteiger partial charge on any atom is 0.188 e. The van der Waals surface area contributed by atoms with Gasteiger partial charge in [-0.1, -0.05) is 25.0 Å². The molecule has 0 saturated heterocycles. The highest BCUT2D eigenvalue weighted by Crippen LogP contribution is 2.44. The van der Waals surface area contributed by atoms with E-state index in [4.69, 9.17) is 15.2 Å². The van der Waals surface area contributed by atoms with Crippen LogP contribution in [0.2, 0.25) is 0 Å². The molecule has 5 nitrogen and oxygen atoms in total. The first-order valence-electron chi connectivity index (χ1n) is 8.28. The van der Waals surface area contributed by atoms with Gasteiger partial charge in [-0.3, -0.25) is 4.99 Å². The van der Waals surface area contributed by atoms with Crippen LogP contribution in [0.25, 0.3) is 0 Å². The van der Waals surface area contributed by atoms with Gasteiger partial charge >= 0.3 is 0 Å². The SMILES string of the molecule is C=CCNC(N)=NCC1(c2ccc3c(c2)OCCO3)CCCC1. The van der Waals surface area contributed by atoms with Crippen LogP contribution in [0.15, 0.2) is 35.8 Å². The molecule has 0 radical (unpaired) electrons. The number of hydrogen-bond acceptors (Lipinski definition) is 3. The molecule has 0 atom stereocenters. The van der Waals surface area contributed by atoms with Crippen molar-refractivity contribution in [1.29, 1.82) is 0 Å². The highest BCUT2D eigenvalue weighted by Gasteiger charge is 2.36. The maximum absolute atomic E-state index is 5.93. The summed E-state index contributed by atoms with van der Waals surface area (Å²) in [6.45, 7) is 6.23. The van der Waals surface area contributed by atoms with Gasteiger partial charge in [0.05, 0.1) is 6.54 Å². The van der Waals surface area contributed by atoms with Crippen molar-refractivity contribution in [3.05, 3.63) is 36.4 Å². The number of nitrogens with zero attached hydrogens (tertiary/aromatic N) is 1. The molecule has 1 heterocycles. The van der Waals surface area contributed by atoms with Crippen molar-refractivity contribution in [2.75, 3.05) is 26.3 Å². The van der Waals surface area contributed by atoms with Gasteiger partial charge < -0.3 is 20.5 Å². The fourth-order valence-corrected chi connectivity index (χ4v) is 3.43. The molecule has 3 rings (SSSR count). The van der Waals surface area contributed by atoms with Crippen LogP contribution in [0.1, 0.15) is 31.2 Å². The zero-order valence-corrected chi connectivity index (χ0v) is 13.5. The van der Waals surface area contributed by atoms with E-state index in [2.05, 4.69) is 29.0 Å². The molecule has 0 bridgehead atoms. The van der Waals surface area contributed by atoms with Gasteiger partial charge in [0, 0.05) is 12.0 Å². The molecule has 1 saturated carbocycles. The van der Waals surface area contributed by atoms with E-state index >= 15 is 0 Å². The molecule has 2 aliphatic rings. The van der Waals surface area contributed by atoms with E-state index in [9.17, 15) is 0 Å². The second-order valence-electron chi connectivity index (χ2n) is 6.22. The molecule has 3 N–H and O–H groups in total. The Morgan fingerprint density at radius 1 is 1.26 bits per heavy atom. The lowest BCUT2D eigenvalue weighted by Gasteiger charge is -2.29. The van der Waals surface area contributed by atoms with Crippen molar-refractivity contribution in [2.45, 2.75) is 31.1 Å². The minimum atomic E-state index is 0.0519. The first kappa shape index (κ1) is 15.7. The second kappa shape index (κ2) is 6.94. The summed E-state index contributed by atoms with van der Waals surface area (Å²) in [5.74, 6) is 2.17. The maximum atomic E-state index is 5.93. The van der Waals surface area contributed by atoms with Crippen LogP contribution in [0.5, 0.6) is 11.5 Å². The molecule has 0 amide bonds. The first-order chi connectivity index (χ1) is 11.2. The summed E-state index contributed by atoms with van der Waals surface area (Å²) in [7, 11) is 0. The Bertz CT molecular complexity index is 592. The molecule has 1 aromatic rings. The Labute approximate surface area is 137 Å². The monoisotopic (exact) mass is 315 g/mol. The van der Waals surface area contributed by atoms with Crippen molar-refractivity contribution in [3.8, 4) is 11.5 Å². The van der Waals surface area contributed by atoms with Crippen molar-refractivity contribution >= 4 is 5.96 Å². The third-order valence-corrected chi connectivity index (χ3v) is 4.69. The zero-order valence-electron chi connectivity index (χ0n) is 13.5. The lowest BCUT2D eigenvalue weighted by molar-refractivity contribution is 0.171. The highest BCUT2D eigenvalue weighted by molar-refractivity contribution is 5.78. The van der Waals surface area contributed by atoms with Crippen LogP contribution >= 0.6 is 0 Å². The van der Waals surface area contributed by atoms with E-state index in [1.807, 2.05) is 6.07 Å². The highest BCUT2D eigenvalue weighted by atomic mass is 16.6. The van der Waals surface area contributed by atoms with E-state index in [0.29, 0.717) is 32.3 Å². The quantitative estimate of drug-likeness (QED) is 0.497. The summed E-state index contributed by atoms with van der Waals surface area (Å²) < 4.78 is 11.4. The van der Waals surface area contributed by atoms with Crippen LogP contribution in [0.4, 0.5) is 0 Å². The normalized spacial score (nSPS) is 19.4. The van der Waals surface area contributed by atoms with Crippen molar-refractivity contribution < 1.29 is 9.47 Å². The molecule has 1 aliphatic heterocycles. The number of rotatable bonds is 5. The number of fused-ring (bicyclic) bond motifs is 1. The van der Waals surface area contributed by atoms with Gasteiger partial charge in [0.2, 0.25) is 0 Å². The minimum absolute atomic E-state index is 0.0519. The van der Waals surface area contributed by atoms with Crippen LogP contribution < -0.4 is 20.5 Å². The molecule has 0 spiro atoms. The van der Waals surface area contributed by atoms with Crippen LogP contribution in [-0.4, -0.2) is 32.3 Å². The number of aliphatic imine (C=N–C) groups is 1. The number of guanidine groups is 1. The van der Waals surface area contributed by atoms with Crippen LogP contribution in [-0.2, 0) is 5.41 Å². The summed E-state index contributed by atoms with van der Waals surface area (Å²) >= 11 is 0. The topological polar surface area (TPSA) is 68.9 Å². The number of ether oxygens (including phenoxy) is 2. The van der Waals surface area contributed by atoms with Gasteiger partial charge in [-0.25, -0.2) is 0 Å². The van der Waals surface area contributed by atoms with Crippen LogP contribution in [0.3, 0.4) is 0 Å². The van der Waals surface area contributed by atoms with Gasteiger partial charge in [-0.2, -0.15) is 0 Å². The largest absolute Gasteiger partial charge is 0.486 e. The molecule has 0 unspecified atom stereocenters. The Hall–Kier alpha value is -2.17. The Balaban J connectivity index is 1.81. The predicted octanol–water partition coefficient (Wildman–Crippen LogP) is 2.36. The van der Waals surface area contributed by atoms with E-state index in [1.165, 1.54) is 18.4 Å². The fourth-order valence-electron chi connectivity index (χ4n) is 3.43. The van der Waals surface area contributed by atoms with E-state index in [0.717, 1.165) is 24.3 Å². The molecular formula is C18H25N3O2. The third kappa shape index (κ3) is 3.44. The molecular weight excluding hydrogens is 290 g/mol. The Morgan fingerprint density at radius 2 is 2.00 bits per heavy atom. The predicted molar refractivity (Wildman–Crippen MR) is 92.3 cm³/mol. The number of benzene rings is 1. The third-order valence-electron chi connectivity index (χ3n) is 4.69. The zero-order chi connectivity index (χ0) is 16.1. The summed E-state index contributed by atoms with van der Waals surface area (Å²) in [5, 5.41) is 3.04. The van der Waals surface area contributed by atoms with Crippen molar-refractivity contribution in [1.82, 2.24) is 5.32 Å². The number of hydrogen-bond donors (Lipinski definition) is 2. The van der Waals surface area contributed by atoms with E-state index in [-0.39, 0.29) is 5.41 Å². The summed E-state index contributed by atoms with van der Waals surface area (Å²) in [4.78, 5) is 4.57. The number of nitrogens with two attached hydrogens (primary N) is 1. The summed E-state index contributed by atoms with van der Waals surface area (Å²) in [5.41, 5.74) is 7.26. The molecule has 0 aromatic heterocycles. The molecule has 124 valence electrons. The molecule has 1 aromatic carbocycles. The van der Waals surface area contributed by atoms with E-state index < -0.39 is 0 Å².